The summed E-state index contributed by atoms with van der Waals surface area (Å²) in [4.78, 5) is 16.1. The monoisotopic (exact) mass is 284 g/mol. The quantitative estimate of drug-likeness (QED) is 0.783. The molecule has 21 heavy (non-hydrogen) atoms. The Morgan fingerprint density at radius 3 is 3.05 bits per heavy atom. The molecule has 1 aromatic heterocycles. The third-order valence-electron chi connectivity index (χ3n) is 3.94. The minimum Gasteiger partial charge on any atom is -0.369 e. The zero-order valence-electron chi connectivity index (χ0n) is 11.9. The minimum atomic E-state index is -0.449. The Balaban J connectivity index is 1.78. The van der Waals surface area contributed by atoms with Gasteiger partial charge in [-0.05, 0) is 37.9 Å². The molecule has 2 aromatic rings. The maximum Gasteiger partial charge on any atom is 0.252 e. The standard InChI is InChI=1S/C16H20N4O/c17-15(21)13-10-11-4-1-2-6-14(11)20-16(13)19-9-7-12-5-3-8-18-12/h1-2,4,6,10,12,18H,3,5,7-9H2,(H2,17,21)(H,19,20)/t12-/m0/s1. The molecule has 1 fully saturated rings. The van der Waals surface area contributed by atoms with Gasteiger partial charge in [0.15, 0.2) is 0 Å². The second-order valence-electron chi connectivity index (χ2n) is 5.45. The zero-order chi connectivity index (χ0) is 14.7. The number of pyridine rings is 1. The number of nitrogens with one attached hydrogen (secondary N) is 2. The lowest BCUT2D eigenvalue weighted by Crippen LogP contribution is -2.25. The van der Waals surface area contributed by atoms with Gasteiger partial charge in [0.05, 0.1) is 11.1 Å². The Morgan fingerprint density at radius 1 is 1.43 bits per heavy atom. The van der Waals surface area contributed by atoms with Crippen molar-refractivity contribution < 1.29 is 4.79 Å². The number of nitrogens with two attached hydrogens (primary N) is 1. The molecular formula is C16H20N4O. The van der Waals surface area contributed by atoms with E-state index >= 15 is 0 Å². The Morgan fingerprint density at radius 2 is 2.29 bits per heavy atom. The number of carbonyl (C=O) groups is 1. The SMILES string of the molecule is NC(=O)c1cc2ccccc2nc1NCC[C@@H]1CCCN1. The summed E-state index contributed by atoms with van der Waals surface area (Å²) in [5, 5.41) is 7.64. The highest BCUT2D eigenvalue weighted by atomic mass is 16.1. The zero-order valence-corrected chi connectivity index (χ0v) is 11.9. The lowest BCUT2D eigenvalue weighted by Gasteiger charge is -2.13. The van der Waals surface area contributed by atoms with E-state index in [1.54, 1.807) is 6.07 Å². The van der Waals surface area contributed by atoms with Gasteiger partial charge in [-0.2, -0.15) is 0 Å². The fourth-order valence-electron chi connectivity index (χ4n) is 2.81. The second kappa shape index (κ2) is 6.10. The molecule has 1 aliphatic rings. The fourth-order valence-corrected chi connectivity index (χ4v) is 2.81. The van der Waals surface area contributed by atoms with Crippen LogP contribution in [0.25, 0.3) is 10.9 Å². The number of fused-ring (bicyclic) bond motifs is 1. The van der Waals surface area contributed by atoms with Gasteiger partial charge in [-0.15, -0.1) is 0 Å². The number of hydrogen-bond acceptors (Lipinski definition) is 4. The number of benzene rings is 1. The summed E-state index contributed by atoms with van der Waals surface area (Å²) >= 11 is 0. The van der Waals surface area contributed by atoms with Gasteiger partial charge in [-0.1, -0.05) is 18.2 Å². The molecule has 110 valence electrons. The van der Waals surface area contributed by atoms with Crippen LogP contribution < -0.4 is 16.4 Å². The lowest BCUT2D eigenvalue weighted by molar-refractivity contribution is 0.100. The van der Waals surface area contributed by atoms with Crippen LogP contribution in [0.1, 0.15) is 29.6 Å². The van der Waals surface area contributed by atoms with Crippen LogP contribution in [0.3, 0.4) is 0 Å². The van der Waals surface area contributed by atoms with Crippen molar-refractivity contribution in [3.8, 4) is 0 Å². The second-order valence-corrected chi connectivity index (χ2v) is 5.45. The van der Waals surface area contributed by atoms with Crippen LogP contribution in [0.15, 0.2) is 30.3 Å². The summed E-state index contributed by atoms with van der Waals surface area (Å²) < 4.78 is 0. The summed E-state index contributed by atoms with van der Waals surface area (Å²) in [6, 6.07) is 10.1. The molecule has 0 unspecified atom stereocenters. The molecule has 1 aliphatic heterocycles. The Labute approximate surface area is 123 Å². The molecule has 0 aliphatic carbocycles. The van der Waals surface area contributed by atoms with E-state index in [4.69, 9.17) is 5.73 Å². The molecule has 0 radical (unpaired) electrons. The first-order valence-corrected chi connectivity index (χ1v) is 7.41. The molecule has 2 heterocycles. The van der Waals surface area contributed by atoms with E-state index < -0.39 is 5.91 Å². The fraction of sp³-hybridized carbons (Fsp3) is 0.375. The lowest BCUT2D eigenvalue weighted by atomic mass is 10.1. The molecule has 5 heteroatoms. The first-order chi connectivity index (χ1) is 10.2. The number of aromatic nitrogens is 1. The normalized spacial score (nSPS) is 18.0. The molecule has 0 bridgehead atoms. The minimum absolute atomic E-state index is 0.449. The molecule has 4 N–H and O–H groups in total. The highest BCUT2D eigenvalue weighted by Gasteiger charge is 2.15. The number of primary amides is 1. The van der Waals surface area contributed by atoms with E-state index in [1.807, 2.05) is 24.3 Å². The maximum absolute atomic E-state index is 11.6. The average Bonchev–Trinajstić information content (AvgIpc) is 2.99. The Bertz CT molecular complexity index is 650. The van der Waals surface area contributed by atoms with E-state index in [2.05, 4.69) is 15.6 Å². The van der Waals surface area contributed by atoms with Crippen molar-refractivity contribution in [3.05, 3.63) is 35.9 Å². The summed E-state index contributed by atoms with van der Waals surface area (Å²) in [7, 11) is 0. The number of amides is 1. The van der Waals surface area contributed by atoms with Crippen molar-refractivity contribution in [3.63, 3.8) is 0 Å². The largest absolute Gasteiger partial charge is 0.369 e. The van der Waals surface area contributed by atoms with Crippen LogP contribution >= 0.6 is 0 Å². The Hall–Kier alpha value is -2.14. The molecule has 3 rings (SSSR count). The summed E-state index contributed by atoms with van der Waals surface area (Å²) in [6.07, 6.45) is 3.48. The molecular weight excluding hydrogens is 264 g/mol. The number of nitrogens with zero attached hydrogens (tertiary/aromatic N) is 1. The molecule has 1 amide bonds. The van der Waals surface area contributed by atoms with Gasteiger partial charge in [0.2, 0.25) is 0 Å². The van der Waals surface area contributed by atoms with Crippen molar-refractivity contribution in [1.29, 1.82) is 0 Å². The van der Waals surface area contributed by atoms with Crippen LogP contribution in [0.2, 0.25) is 0 Å². The predicted octanol–water partition coefficient (Wildman–Crippen LogP) is 1.89. The van der Waals surface area contributed by atoms with Gasteiger partial charge >= 0.3 is 0 Å². The van der Waals surface area contributed by atoms with Crippen molar-refractivity contribution in [2.24, 2.45) is 5.73 Å². The van der Waals surface area contributed by atoms with E-state index in [0.29, 0.717) is 17.4 Å². The van der Waals surface area contributed by atoms with Gasteiger partial charge in [-0.3, -0.25) is 4.79 Å². The third-order valence-corrected chi connectivity index (χ3v) is 3.94. The topological polar surface area (TPSA) is 80.0 Å². The summed E-state index contributed by atoms with van der Waals surface area (Å²) in [6.45, 7) is 1.88. The number of rotatable bonds is 5. The highest BCUT2D eigenvalue weighted by Crippen LogP contribution is 2.20. The molecule has 1 saturated heterocycles. The maximum atomic E-state index is 11.6. The first kappa shape index (κ1) is 13.8. The molecule has 1 aromatic carbocycles. The summed E-state index contributed by atoms with van der Waals surface area (Å²) in [5.41, 5.74) is 6.78. The van der Waals surface area contributed by atoms with E-state index in [0.717, 1.165) is 30.4 Å². The molecule has 0 saturated carbocycles. The van der Waals surface area contributed by atoms with Crippen LogP contribution in [-0.2, 0) is 0 Å². The van der Waals surface area contributed by atoms with Crippen LogP contribution in [-0.4, -0.2) is 30.0 Å². The first-order valence-electron chi connectivity index (χ1n) is 7.41. The highest BCUT2D eigenvalue weighted by molar-refractivity contribution is 6.01. The van der Waals surface area contributed by atoms with Crippen LogP contribution in [0, 0.1) is 0 Å². The third kappa shape index (κ3) is 3.13. The summed E-state index contributed by atoms with van der Waals surface area (Å²) in [5.74, 6) is 0.133. The van der Waals surface area contributed by atoms with E-state index in [1.165, 1.54) is 12.8 Å². The van der Waals surface area contributed by atoms with Crippen LogP contribution in [0.4, 0.5) is 5.82 Å². The van der Waals surface area contributed by atoms with Gasteiger partial charge in [0, 0.05) is 18.0 Å². The van der Waals surface area contributed by atoms with Crippen LogP contribution in [0.5, 0.6) is 0 Å². The van der Waals surface area contributed by atoms with Gasteiger partial charge in [-0.25, -0.2) is 4.98 Å². The number of hydrogen-bond donors (Lipinski definition) is 3. The average molecular weight is 284 g/mol. The van der Waals surface area contributed by atoms with Gasteiger partial charge < -0.3 is 16.4 Å². The van der Waals surface area contributed by atoms with Crippen molar-refractivity contribution >= 4 is 22.6 Å². The van der Waals surface area contributed by atoms with Gasteiger partial charge in [0.1, 0.15) is 5.82 Å². The van der Waals surface area contributed by atoms with E-state index in [9.17, 15) is 4.79 Å². The predicted molar refractivity (Wildman–Crippen MR) is 84.4 cm³/mol. The number of para-hydroxylation sites is 1. The smallest absolute Gasteiger partial charge is 0.252 e. The van der Waals surface area contributed by atoms with Crippen molar-refractivity contribution in [2.45, 2.75) is 25.3 Å². The van der Waals surface area contributed by atoms with E-state index in [-0.39, 0.29) is 0 Å². The molecule has 0 spiro atoms. The van der Waals surface area contributed by atoms with Crippen molar-refractivity contribution in [2.75, 3.05) is 18.4 Å². The van der Waals surface area contributed by atoms with Crippen molar-refractivity contribution in [1.82, 2.24) is 10.3 Å². The number of anilines is 1. The Kier molecular flexibility index (Phi) is 4.01. The molecule has 1 atom stereocenters. The van der Waals surface area contributed by atoms with Gasteiger partial charge in [0.25, 0.3) is 5.91 Å². The molecule has 5 nitrogen and oxygen atoms in total. The number of carbonyl (C=O) groups excluding carboxylic acids is 1.